The number of unbranched alkanes of at least 4 members (excludes halogenated alkanes) is 2. The van der Waals surface area contributed by atoms with Gasteiger partial charge in [-0.1, -0.05) is 20.3 Å². The molecule has 0 atom stereocenters. The van der Waals surface area contributed by atoms with Crippen molar-refractivity contribution in [2.75, 3.05) is 39.3 Å². The van der Waals surface area contributed by atoms with Crippen molar-refractivity contribution in [3.8, 4) is 0 Å². The average molecular weight is 258 g/mol. The van der Waals surface area contributed by atoms with Gasteiger partial charge in [0.2, 0.25) is 5.91 Å². The molecule has 0 heterocycles. The zero-order chi connectivity index (χ0) is 13.6. The lowest BCUT2D eigenvalue weighted by Gasteiger charge is -2.07. The van der Waals surface area contributed by atoms with Crippen LogP contribution in [0.15, 0.2) is 0 Å². The molecule has 0 aliphatic rings. The minimum atomic E-state index is 0.0269. The zero-order valence-electron chi connectivity index (χ0n) is 11.9. The molecule has 0 fully saturated rings. The third-order valence-electron chi connectivity index (χ3n) is 2.51. The van der Waals surface area contributed by atoms with E-state index in [1.807, 2.05) is 0 Å². The van der Waals surface area contributed by atoms with Crippen LogP contribution in [0.4, 0.5) is 0 Å². The molecular formula is C13H30N4O. The van der Waals surface area contributed by atoms with Gasteiger partial charge in [-0.15, -0.1) is 0 Å². The van der Waals surface area contributed by atoms with Crippen molar-refractivity contribution in [2.45, 2.75) is 33.1 Å². The van der Waals surface area contributed by atoms with Crippen LogP contribution in [0, 0.1) is 5.92 Å². The topological polar surface area (TPSA) is 79.2 Å². The highest BCUT2D eigenvalue weighted by atomic mass is 16.1. The van der Waals surface area contributed by atoms with Crippen LogP contribution in [0.25, 0.3) is 0 Å². The fourth-order valence-corrected chi connectivity index (χ4v) is 1.54. The summed E-state index contributed by atoms with van der Waals surface area (Å²) in [6.45, 7) is 8.97. The van der Waals surface area contributed by atoms with E-state index >= 15 is 0 Å². The Morgan fingerprint density at radius 2 is 1.72 bits per heavy atom. The van der Waals surface area contributed by atoms with Gasteiger partial charge in [-0.05, 0) is 38.4 Å². The summed E-state index contributed by atoms with van der Waals surface area (Å²) in [7, 11) is 0. The summed E-state index contributed by atoms with van der Waals surface area (Å²) in [5.41, 5.74) is 5.29. The first kappa shape index (κ1) is 17.4. The molecule has 0 aromatic heterocycles. The molecule has 0 aliphatic heterocycles. The molecule has 0 saturated carbocycles. The number of hydrogen-bond donors (Lipinski definition) is 4. The lowest BCUT2D eigenvalue weighted by Crippen LogP contribution is -2.36. The van der Waals surface area contributed by atoms with Crippen LogP contribution in [-0.4, -0.2) is 45.2 Å². The van der Waals surface area contributed by atoms with E-state index in [2.05, 4.69) is 29.8 Å². The van der Waals surface area contributed by atoms with E-state index in [0.29, 0.717) is 19.6 Å². The van der Waals surface area contributed by atoms with Crippen molar-refractivity contribution in [1.29, 1.82) is 0 Å². The number of nitrogens with two attached hydrogens (primary N) is 1. The Bertz CT molecular complexity index is 197. The van der Waals surface area contributed by atoms with Crippen LogP contribution in [0.3, 0.4) is 0 Å². The Kier molecular flexibility index (Phi) is 12.3. The second kappa shape index (κ2) is 12.8. The maximum Gasteiger partial charge on any atom is 0.234 e. The average Bonchev–Trinajstić information content (AvgIpc) is 2.34. The lowest BCUT2D eigenvalue weighted by atomic mass is 10.2. The summed E-state index contributed by atoms with van der Waals surface area (Å²) in [5, 5.41) is 9.28. The molecule has 5 N–H and O–H groups in total. The van der Waals surface area contributed by atoms with E-state index in [1.54, 1.807) is 0 Å². The van der Waals surface area contributed by atoms with Crippen molar-refractivity contribution in [3.63, 3.8) is 0 Å². The van der Waals surface area contributed by atoms with Gasteiger partial charge in [-0.25, -0.2) is 0 Å². The van der Waals surface area contributed by atoms with Crippen LogP contribution < -0.4 is 21.7 Å². The molecule has 0 bridgehead atoms. The Morgan fingerprint density at radius 1 is 1.06 bits per heavy atom. The molecule has 0 aromatic rings. The molecular weight excluding hydrogens is 228 g/mol. The largest absolute Gasteiger partial charge is 0.354 e. The third-order valence-corrected chi connectivity index (χ3v) is 2.51. The van der Waals surface area contributed by atoms with Crippen LogP contribution in [0.5, 0.6) is 0 Å². The number of amides is 1. The van der Waals surface area contributed by atoms with Crippen LogP contribution in [0.2, 0.25) is 0 Å². The molecule has 0 aliphatic carbocycles. The van der Waals surface area contributed by atoms with E-state index in [1.165, 1.54) is 12.8 Å². The Balaban J connectivity index is 3.09. The van der Waals surface area contributed by atoms with E-state index in [9.17, 15) is 4.79 Å². The fourth-order valence-electron chi connectivity index (χ4n) is 1.54. The van der Waals surface area contributed by atoms with Crippen molar-refractivity contribution in [2.24, 2.45) is 11.7 Å². The SMILES string of the molecule is CC(C)CNCCCCCNCC(=O)NCCN. The molecule has 108 valence electrons. The zero-order valence-corrected chi connectivity index (χ0v) is 11.9. The van der Waals surface area contributed by atoms with Crippen LogP contribution in [0.1, 0.15) is 33.1 Å². The number of hydrogen-bond acceptors (Lipinski definition) is 4. The molecule has 0 aromatic carbocycles. The monoisotopic (exact) mass is 258 g/mol. The van der Waals surface area contributed by atoms with Crippen molar-refractivity contribution in [1.82, 2.24) is 16.0 Å². The first-order valence-corrected chi connectivity index (χ1v) is 7.05. The summed E-state index contributed by atoms with van der Waals surface area (Å²) >= 11 is 0. The predicted octanol–water partition coefficient (Wildman–Crippen LogP) is 0.0668. The number of carbonyl (C=O) groups excluding carboxylic acids is 1. The highest BCUT2D eigenvalue weighted by molar-refractivity contribution is 5.77. The van der Waals surface area contributed by atoms with Gasteiger partial charge in [0.25, 0.3) is 0 Å². The lowest BCUT2D eigenvalue weighted by molar-refractivity contribution is -0.120. The minimum absolute atomic E-state index is 0.0269. The summed E-state index contributed by atoms with van der Waals surface area (Å²) < 4.78 is 0. The molecule has 0 unspecified atom stereocenters. The number of rotatable bonds is 12. The van der Waals surface area contributed by atoms with Gasteiger partial charge in [-0.2, -0.15) is 0 Å². The molecule has 0 radical (unpaired) electrons. The molecule has 5 heteroatoms. The maximum absolute atomic E-state index is 11.2. The van der Waals surface area contributed by atoms with E-state index < -0.39 is 0 Å². The molecule has 0 saturated heterocycles. The molecule has 0 spiro atoms. The normalized spacial score (nSPS) is 10.9. The highest BCUT2D eigenvalue weighted by Crippen LogP contribution is 1.93. The van der Waals surface area contributed by atoms with Gasteiger partial charge in [0.05, 0.1) is 6.54 Å². The van der Waals surface area contributed by atoms with E-state index in [-0.39, 0.29) is 5.91 Å². The van der Waals surface area contributed by atoms with Gasteiger partial charge in [-0.3, -0.25) is 4.79 Å². The van der Waals surface area contributed by atoms with Crippen molar-refractivity contribution < 1.29 is 4.79 Å². The van der Waals surface area contributed by atoms with Gasteiger partial charge >= 0.3 is 0 Å². The summed E-state index contributed by atoms with van der Waals surface area (Å²) in [6.07, 6.45) is 3.52. The summed E-state index contributed by atoms with van der Waals surface area (Å²) in [5.74, 6) is 0.748. The maximum atomic E-state index is 11.2. The van der Waals surface area contributed by atoms with Gasteiger partial charge in [0.1, 0.15) is 0 Å². The number of carbonyl (C=O) groups is 1. The van der Waals surface area contributed by atoms with Gasteiger partial charge in [0, 0.05) is 13.1 Å². The summed E-state index contributed by atoms with van der Waals surface area (Å²) in [4.78, 5) is 11.2. The second-order valence-corrected chi connectivity index (χ2v) is 4.97. The molecule has 1 amide bonds. The van der Waals surface area contributed by atoms with Crippen molar-refractivity contribution >= 4 is 5.91 Å². The smallest absolute Gasteiger partial charge is 0.234 e. The Hall–Kier alpha value is -0.650. The van der Waals surface area contributed by atoms with Crippen molar-refractivity contribution in [3.05, 3.63) is 0 Å². The minimum Gasteiger partial charge on any atom is -0.354 e. The molecule has 5 nitrogen and oxygen atoms in total. The quantitative estimate of drug-likeness (QED) is 0.373. The predicted molar refractivity (Wildman–Crippen MR) is 76.5 cm³/mol. The fraction of sp³-hybridized carbons (Fsp3) is 0.923. The first-order valence-electron chi connectivity index (χ1n) is 7.05. The Morgan fingerprint density at radius 3 is 2.33 bits per heavy atom. The van der Waals surface area contributed by atoms with Crippen LogP contribution in [-0.2, 0) is 4.79 Å². The highest BCUT2D eigenvalue weighted by Gasteiger charge is 1.98. The van der Waals surface area contributed by atoms with E-state index in [0.717, 1.165) is 32.0 Å². The standard InChI is InChI=1S/C13H30N4O/c1-12(2)10-15-7-4-3-5-8-16-11-13(18)17-9-6-14/h12,15-16H,3-11,14H2,1-2H3,(H,17,18). The molecule has 18 heavy (non-hydrogen) atoms. The second-order valence-electron chi connectivity index (χ2n) is 4.97. The van der Waals surface area contributed by atoms with Gasteiger partial charge in [0.15, 0.2) is 0 Å². The van der Waals surface area contributed by atoms with E-state index in [4.69, 9.17) is 5.73 Å². The summed E-state index contributed by atoms with van der Waals surface area (Å²) in [6, 6.07) is 0. The Labute approximate surface area is 111 Å². The first-order chi connectivity index (χ1) is 8.66. The van der Waals surface area contributed by atoms with Crippen LogP contribution >= 0.6 is 0 Å². The third kappa shape index (κ3) is 13.4. The van der Waals surface area contributed by atoms with Gasteiger partial charge < -0.3 is 21.7 Å². The molecule has 0 rings (SSSR count). The number of nitrogens with one attached hydrogen (secondary N) is 3.